The van der Waals surface area contributed by atoms with Crippen LogP contribution < -0.4 is 5.32 Å². The maximum absolute atomic E-state index is 13.0. The van der Waals surface area contributed by atoms with Crippen LogP contribution in [-0.4, -0.2) is 30.6 Å². The van der Waals surface area contributed by atoms with Gasteiger partial charge >= 0.3 is 12.2 Å². The number of urea groups is 1. The average Bonchev–Trinajstić information content (AvgIpc) is 2.62. The van der Waals surface area contributed by atoms with Crippen LogP contribution in [0.15, 0.2) is 54.6 Å². The van der Waals surface area contributed by atoms with Crippen molar-refractivity contribution >= 4 is 11.7 Å². The minimum Gasteiger partial charge on any atom is -0.370 e. The van der Waals surface area contributed by atoms with Crippen LogP contribution in [0.25, 0.3) is 0 Å². The molecule has 0 spiro atoms. The Morgan fingerprint density at radius 3 is 2.48 bits per heavy atom. The highest BCUT2D eigenvalue weighted by Crippen LogP contribution is 2.34. The van der Waals surface area contributed by atoms with Gasteiger partial charge in [0.1, 0.15) is 6.10 Å². The summed E-state index contributed by atoms with van der Waals surface area (Å²) in [5, 5.41) is 2.37. The molecule has 1 aliphatic rings. The lowest BCUT2D eigenvalue weighted by atomic mass is 10.1. The van der Waals surface area contributed by atoms with Crippen molar-refractivity contribution < 1.29 is 22.7 Å². The van der Waals surface area contributed by atoms with Gasteiger partial charge in [0.25, 0.3) is 0 Å². The molecular weight excluding hydrogens is 333 g/mol. The van der Waals surface area contributed by atoms with Gasteiger partial charge in [0, 0.05) is 6.54 Å². The molecule has 7 heteroatoms. The number of para-hydroxylation sites is 1. The van der Waals surface area contributed by atoms with Gasteiger partial charge in [-0.15, -0.1) is 0 Å². The fraction of sp³-hybridized carbons (Fsp3) is 0.278. The van der Waals surface area contributed by atoms with E-state index < -0.39 is 17.8 Å². The Kier molecular flexibility index (Phi) is 4.94. The molecule has 1 N–H and O–H groups in total. The van der Waals surface area contributed by atoms with E-state index in [9.17, 15) is 18.0 Å². The van der Waals surface area contributed by atoms with Crippen LogP contribution in [0.3, 0.4) is 0 Å². The third kappa shape index (κ3) is 4.11. The molecule has 0 saturated carbocycles. The summed E-state index contributed by atoms with van der Waals surface area (Å²) in [7, 11) is 0. The number of halogens is 3. The molecule has 0 bridgehead atoms. The fourth-order valence-electron chi connectivity index (χ4n) is 2.74. The topological polar surface area (TPSA) is 41.6 Å². The predicted molar refractivity (Wildman–Crippen MR) is 87.2 cm³/mol. The molecule has 1 atom stereocenters. The first-order chi connectivity index (χ1) is 11.9. The molecule has 25 heavy (non-hydrogen) atoms. The van der Waals surface area contributed by atoms with Crippen molar-refractivity contribution in [1.29, 1.82) is 0 Å². The number of nitrogens with one attached hydrogen (secondary N) is 1. The number of carbonyl (C=O) groups is 1. The summed E-state index contributed by atoms with van der Waals surface area (Å²) in [5.74, 6) is 0. The van der Waals surface area contributed by atoms with E-state index in [0.29, 0.717) is 13.2 Å². The number of anilines is 1. The largest absolute Gasteiger partial charge is 0.418 e. The highest BCUT2D eigenvalue weighted by Gasteiger charge is 2.34. The number of hydrogen-bond acceptors (Lipinski definition) is 2. The third-order valence-corrected chi connectivity index (χ3v) is 4.00. The van der Waals surface area contributed by atoms with Crippen LogP contribution in [0.5, 0.6) is 0 Å². The SMILES string of the molecule is O=C(Nc1ccccc1C(F)(F)F)N1CCOC(c2ccccc2)C1. The molecule has 1 fully saturated rings. The van der Waals surface area contributed by atoms with Crippen LogP contribution in [-0.2, 0) is 10.9 Å². The van der Waals surface area contributed by atoms with Crippen LogP contribution in [0.1, 0.15) is 17.2 Å². The lowest BCUT2D eigenvalue weighted by Crippen LogP contribution is -2.44. The lowest BCUT2D eigenvalue weighted by molar-refractivity contribution is -0.136. The highest BCUT2D eigenvalue weighted by molar-refractivity contribution is 5.90. The van der Waals surface area contributed by atoms with E-state index in [4.69, 9.17) is 4.74 Å². The first-order valence-electron chi connectivity index (χ1n) is 7.84. The van der Waals surface area contributed by atoms with Gasteiger partial charge in [0.2, 0.25) is 0 Å². The zero-order chi connectivity index (χ0) is 17.9. The molecule has 1 unspecified atom stereocenters. The number of benzene rings is 2. The van der Waals surface area contributed by atoms with Crippen molar-refractivity contribution in [2.75, 3.05) is 25.0 Å². The molecule has 4 nitrogen and oxygen atoms in total. The molecule has 2 amide bonds. The number of ether oxygens (including phenoxy) is 1. The van der Waals surface area contributed by atoms with E-state index >= 15 is 0 Å². The summed E-state index contributed by atoms with van der Waals surface area (Å²) in [4.78, 5) is 13.9. The van der Waals surface area contributed by atoms with Crippen molar-refractivity contribution in [3.63, 3.8) is 0 Å². The van der Waals surface area contributed by atoms with Gasteiger partial charge in [-0.25, -0.2) is 4.79 Å². The maximum atomic E-state index is 13.0. The fourth-order valence-corrected chi connectivity index (χ4v) is 2.74. The van der Waals surface area contributed by atoms with Crippen molar-refractivity contribution in [3.05, 3.63) is 65.7 Å². The van der Waals surface area contributed by atoms with Gasteiger partial charge in [-0.3, -0.25) is 0 Å². The zero-order valence-corrected chi connectivity index (χ0v) is 13.3. The quantitative estimate of drug-likeness (QED) is 0.877. The van der Waals surface area contributed by atoms with E-state index in [-0.39, 0.29) is 18.3 Å². The number of nitrogens with zero attached hydrogens (tertiary/aromatic N) is 1. The predicted octanol–water partition coefficient (Wildman–Crippen LogP) is 4.31. The first kappa shape index (κ1) is 17.3. The molecule has 0 aromatic heterocycles. The molecule has 1 saturated heterocycles. The standard InChI is InChI=1S/C18H17F3N2O2/c19-18(20,21)14-8-4-5-9-15(14)22-17(24)23-10-11-25-16(12-23)13-6-2-1-3-7-13/h1-9,16H,10-12H2,(H,22,24). The number of morpholine rings is 1. The second-order valence-corrected chi connectivity index (χ2v) is 5.69. The number of rotatable bonds is 2. The Bertz CT molecular complexity index is 735. The van der Waals surface area contributed by atoms with E-state index in [1.807, 2.05) is 30.3 Å². The molecule has 0 radical (unpaired) electrons. The molecule has 0 aliphatic carbocycles. The summed E-state index contributed by atoms with van der Waals surface area (Å²) in [6, 6.07) is 13.8. The van der Waals surface area contributed by atoms with Gasteiger partial charge in [0.15, 0.2) is 0 Å². The summed E-state index contributed by atoms with van der Waals surface area (Å²) >= 11 is 0. The summed E-state index contributed by atoms with van der Waals surface area (Å²) in [6.45, 7) is 0.932. The van der Waals surface area contributed by atoms with Gasteiger partial charge < -0.3 is 15.0 Å². The minimum absolute atomic E-state index is 0.247. The molecule has 2 aromatic rings. The van der Waals surface area contributed by atoms with Crippen molar-refractivity contribution in [3.8, 4) is 0 Å². The molecule has 132 valence electrons. The van der Waals surface area contributed by atoms with Gasteiger partial charge in [0.05, 0.1) is 24.4 Å². The Balaban J connectivity index is 1.72. The lowest BCUT2D eigenvalue weighted by Gasteiger charge is -2.33. The molecule has 3 rings (SSSR count). The van der Waals surface area contributed by atoms with Gasteiger partial charge in [-0.2, -0.15) is 13.2 Å². The molecular formula is C18H17F3N2O2. The maximum Gasteiger partial charge on any atom is 0.418 e. The second kappa shape index (κ2) is 7.14. The monoisotopic (exact) mass is 350 g/mol. The first-order valence-corrected chi connectivity index (χ1v) is 7.84. The van der Waals surface area contributed by atoms with E-state index in [0.717, 1.165) is 11.6 Å². The third-order valence-electron chi connectivity index (χ3n) is 4.00. The van der Waals surface area contributed by atoms with Gasteiger partial charge in [-0.1, -0.05) is 42.5 Å². The normalized spacial score (nSPS) is 18.0. The van der Waals surface area contributed by atoms with E-state index in [2.05, 4.69) is 5.32 Å². The second-order valence-electron chi connectivity index (χ2n) is 5.69. The Labute approximate surface area is 143 Å². The Morgan fingerprint density at radius 2 is 1.76 bits per heavy atom. The molecule has 1 aliphatic heterocycles. The highest BCUT2D eigenvalue weighted by atomic mass is 19.4. The van der Waals surface area contributed by atoms with Crippen LogP contribution in [0, 0.1) is 0 Å². The van der Waals surface area contributed by atoms with Crippen molar-refractivity contribution in [1.82, 2.24) is 4.90 Å². The summed E-state index contributed by atoms with van der Waals surface area (Å²) in [6.07, 6.45) is -4.82. The number of carbonyl (C=O) groups excluding carboxylic acids is 1. The Hall–Kier alpha value is -2.54. The van der Waals surface area contributed by atoms with E-state index in [1.54, 1.807) is 0 Å². The zero-order valence-electron chi connectivity index (χ0n) is 13.3. The van der Waals surface area contributed by atoms with Crippen LogP contribution in [0.2, 0.25) is 0 Å². The number of amides is 2. The van der Waals surface area contributed by atoms with Crippen LogP contribution >= 0.6 is 0 Å². The van der Waals surface area contributed by atoms with E-state index in [1.165, 1.54) is 23.1 Å². The van der Waals surface area contributed by atoms with Crippen LogP contribution in [0.4, 0.5) is 23.7 Å². The summed E-state index contributed by atoms with van der Waals surface area (Å²) in [5.41, 5.74) is -0.185. The smallest absolute Gasteiger partial charge is 0.370 e. The minimum atomic E-state index is -4.53. The Morgan fingerprint density at radius 1 is 1.08 bits per heavy atom. The molecule has 1 heterocycles. The number of hydrogen-bond donors (Lipinski definition) is 1. The van der Waals surface area contributed by atoms with Crippen molar-refractivity contribution in [2.24, 2.45) is 0 Å². The number of alkyl halides is 3. The van der Waals surface area contributed by atoms with Gasteiger partial charge in [-0.05, 0) is 17.7 Å². The average molecular weight is 350 g/mol. The van der Waals surface area contributed by atoms with Crippen molar-refractivity contribution in [2.45, 2.75) is 12.3 Å². The summed E-state index contributed by atoms with van der Waals surface area (Å²) < 4.78 is 44.8. The molecule has 2 aromatic carbocycles.